The summed E-state index contributed by atoms with van der Waals surface area (Å²) in [6, 6.07) is 4.02. The molecule has 1 rings (SSSR count). The van der Waals surface area contributed by atoms with E-state index in [9.17, 15) is 18.5 Å². The van der Waals surface area contributed by atoms with Crippen molar-refractivity contribution in [1.82, 2.24) is 0 Å². The van der Waals surface area contributed by atoms with Crippen LogP contribution in [0, 0.1) is 17.0 Å². The van der Waals surface area contributed by atoms with Crippen LogP contribution in [0.1, 0.15) is 5.56 Å². The van der Waals surface area contributed by atoms with Crippen molar-refractivity contribution >= 4 is 45.4 Å². The fourth-order valence-electron chi connectivity index (χ4n) is 1.00. The van der Waals surface area contributed by atoms with Gasteiger partial charge in [0.05, 0.1) is 11.2 Å². The minimum atomic E-state index is -3.75. The average Bonchev–Trinajstić information content (AvgIpc) is 1.99. The molecule has 6 nitrogen and oxygen atoms in total. The fourth-order valence-corrected chi connectivity index (χ4v) is 1.46. The van der Waals surface area contributed by atoms with E-state index in [-0.39, 0.29) is 41.0 Å². The van der Waals surface area contributed by atoms with Crippen LogP contribution in [0.15, 0.2) is 18.2 Å². The molecule has 1 aromatic carbocycles. The predicted octanol–water partition coefficient (Wildman–Crippen LogP) is 0.861. The van der Waals surface area contributed by atoms with Crippen LogP contribution in [0.25, 0.3) is 0 Å². The van der Waals surface area contributed by atoms with Gasteiger partial charge >= 0.3 is 15.8 Å². The zero-order chi connectivity index (χ0) is 11.6. The summed E-state index contributed by atoms with van der Waals surface area (Å²) in [6.45, 7) is 1.68. The maximum Gasteiger partial charge on any atom is 0.312 e. The Morgan fingerprint density at radius 2 is 1.94 bits per heavy atom. The van der Waals surface area contributed by atoms with E-state index in [4.69, 9.17) is 0 Å². The molecule has 0 bridgehead atoms. The first-order valence-electron chi connectivity index (χ1n) is 3.94. The van der Waals surface area contributed by atoms with E-state index in [1.54, 1.807) is 6.92 Å². The Morgan fingerprint density at radius 3 is 2.38 bits per heavy atom. The van der Waals surface area contributed by atoms with E-state index in [1.807, 2.05) is 0 Å². The molecular formula is C8H9NNaO5S. The molecule has 0 aromatic heterocycles. The third-order valence-electron chi connectivity index (χ3n) is 1.55. The fraction of sp³-hybridized carbons (Fsp3) is 0.250. The Bertz CT molecular complexity index is 499. The number of aryl methyl sites for hydroxylation is 1. The standard InChI is InChI=1S/C8H9NO5S.Na/c1-6-3-4-7(9(10)11)8(5-6)14-15(2,12)13;/h3-5H,1-2H3;. The number of nitro groups is 1. The van der Waals surface area contributed by atoms with Gasteiger partial charge < -0.3 is 4.18 Å². The molecule has 1 aromatic rings. The predicted molar refractivity (Wildman–Crippen MR) is 59.1 cm³/mol. The summed E-state index contributed by atoms with van der Waals surface area (Å²) in [6.07, 6.45) is 0.832. The number of benzene rings is 1. The maximum atomic E-state index is 10.8. The van der Waals surface area contributed by atoms with Crippen LogP contribution >= 0.6 is 0 Å². The molecular weight excluding hydrogens is 245 g/mol. The van der Waals surface area contributed by atoms with Gasteiger partial charge in [0.1, 0.15) is 0 Å². The summed E-state index contributed by atoms with van der Waals surface area (Å²) in [7, 11) is -3.75. The summed E-state index contributed by atoms with van der Waals surface area (Å²) < 4.78 is 26.2. The molecule has 0 aliphatic carbocycles. The Morgan fingerprint density at radius 1 is 1.38 bits per heavy atom. The summed E-state index contributed by atoms with van der Waals surface area (Å²) in [5, 5.41) is 10.5. The summed E-state index contributed by atoms with van der Waals surface area (Å²) in [4.78, 5) is 9.86. The van der Waals surface area contributed by atoms with Crippen LogP contribution in [0.4, 0.5) is 5.69 Å². The van der Waals surface area contributed by atoms with Gasteiger partial charge in [-0.05, 0) is 18.6 Å². The number of rotatable bonds is 3. The Labute approximate surface area is 115 Å². The second-order valence-corrected chi connectivity index (χ2v) is 4.59. The van der Waals surface area contributed by atoms with Gasteiger partial charge in [0.2, 0.25) is 5.75 Å². The first-order valence-corrected chi connectivity index (χ1v) is 5.76. The minimum absolute atomic E-state index is 0. The van der Waals surface area contributed by atoms with Gasteiger partial charge in [0.15, 0.2) is 0 Å². The van der Waals surface area contributed by atoms with Gasteiger partial charge in [0, 0.05) is 35.6 Å². The summed E-state index contributed by atoms with van der Waals surface area (Å²) in [5.41, 5.74) is 0.310. The minimum Gasteiger partial charge on any atom is -0.375 e. The van der Waals surface area contributed by atoms with Crippen LogP contribution in [-0.2, 0) is 10.1 Å². The van der Waals surface area contributed by atoms with Crippen molar-refractivity contribution in [2.24, 2.45) is 0 Å². The molecule has 0 atom stereocenters. The molecule has 0 spiro atoms. The van der Waals surface area contributed by atoms with E-state index in [0.29, 0.717) is 5.56 Å². The van der Waals surface area contributed by atoms with Gasteiger partial charge in [-0.1, -0.05) is 6.07 Å². The average molecular weight is 254 g/mol. The molecule has 83 valence electrons. The van der Waals surface area contributed by atoms with E-state index in [1.165, 1.54) is 18.2 Å². The van der Waals surface area contributed by atoms with Crippen molar-refractivity contribution in [2.75, 3.05) is 6.26 Å². The quantitative estimate of drug-likeness (QED) is 0.345. The summed E-state index contributed by atoms with van der Waals surface area (Å²) in [5.74, 6) is -0.262. The number of hydrogen-bond donors (Lipinski definition) is 0. The van der Waals surface area contributed by atoms with Crippen molar-refractivity contribution in [1.29, 1.82) is 0 Å². The SMILES string of the molecule is Cc1ccc([N+](=O)[O-])c(OS(C)(=O)=O)c1.[Na]. The van der Waals surface area contributed by atoms with Crippen molar-refractivity contribution in [2.45, 2.75) is 6.92 Å². The van der Waals surface area contributed by atoms with Crippen LogP contribution in [0.5, 0.6) is 5.75 Å². The topological polar surface area (TPSA) is 86.5 Å². The van der Waals surface area contributed by atoms with Crippen molar-refractivity contribution in [3.8, 4) is 5.75 Å². The van der Waals surface area contributed by atoms with E-state index in [0.717, 1.165) is 6.26 Å². The summed E-state index contributed by atoms with van der Waals surface area (Å²) >= 11 is 0. The van der Waals surface area contributed by atoms with Gasteiger partial charge in [-0.15, -0.1) is 0 Å². The van der Waals surface area contributed by atoms with Crippen LogP contribution in [0.3, 0.4) is 0 Å². The van der Waals surface area contributed by atoms with Gasteiger partial charge in [-0.25, -0.2) is 0 Å². The maximum absolute atomic E-state index is 10.8. The van der Waals surface area contributed by atoms with Gasteiger partial charge in [-0.3, -0.25) is 10.1 Å². The van der Waals surface area contributed by atoms with Crippen LogP contribution in [-0.4, -0.2) is 49.2 Å². The molecule has 0 fully saturated rings. The molecule has 0 unspecified atom stereocenters. The molecule has 0 N–H and O–H groups in total. The third-order valence-corrected chi connectivity index (χ3v) is 2.04. The monoisotopic (exact) mass is 254 g/mol. The van der Waals surface area contributed by atoms with E-state index in [2.05, 4.69) is 4.18 Å². The first kappa shape index (κ1) is 15.4. The number of nitrogens with zero attached hydrogens (tertiary/aromatic N) is 1. The van der Waals surface area contributed by atoms with Crippen molar-refractivity contribution in [3.63, 3.8) is 0 Å². The third kappa shape index (κ3) is 4.48. The molecule has 0 amide bonds. The first-order chi connectivity index (χ1) is 6.79. The van der Waals surface area contributed by atoms with E-state index >= 15 is 0 Å². The molecule has 0 aliphatic heterocycles. The Hall–Kier alpha value is -0.630. The Kier molecular flexibility index (Phi) is 5.40. The number of nitro benzene ring substituents is 1. The van der Waals surface area contributed by atoms with E-state index < -0.39 is 15.0 Å². The van der Waals surface area contributed by atoms with Crippen LogP contribution < -0.4 is 4.18 Å². The van der Waals surface area contributed by atoms with Crippen molar-refractivity contribution < 1.29 is 17.5 Å². The van der Waals surface area contributed by atoms with Gasteiger partial charge in [-0.2, -0.15) is 8.42 Å². The van der Waals surface area contributed by atoms with Crippen LogP contribution in [0.2, 0.25) is 0 Å². The molecule has 0 heterocycles. The van der Waals surface area contributed by atoms with Gasteiger partial charge in [0.25, 0.3) is 0 Å². The Balaban J connectivity index is 0.00000225. The smallest absolute Gasteiger partial charge is 0.312 e. The molecule has 0 saturated heterocycles. The molecule has 16 heavy (non-hydrogen) atoms. The second-order valence-electron chi connectivity index (χ2n) is 3.02. The molecule has 0 saturated carbocycles. The molecule has 8 heteroatoms. The molecule has 0 aliphatic rings. The zero-order valence-corrected chi connectivity index (χ0v) is 11.9. The zero-order valence-electron chi connectivity index (χ0n) is 9.13. The largest absolute Gasteiger partial charge is 0.375 e. The van der Waals surface area contributed by atoms with Crippen molar-refractivity contribution in [3.05, 3.63) is 33.9 Å². The number of hydrogen-bond acceptors (Lipinski definition) is 5. The molecule has 1 radical (unpaired) electrons. The normalized spacial score (nSPS) is 10.4. The second kappa shape index (κ2) is 5.62.